The van der Waals surface area contributed by atoms with Gasteiger partial charge < -0.3 is 10.0 Å². The highest BCUT2D eigenvalue weighted by molar-refractivity contribution is 7.99. The first-order chi connectivity index (χ1) is 14.6. The lowest BCUT2D eigenvalue weighted by atomic mass is 9.87. The fourth-order valence-electron chi connectivity index (χ4n) is 4.45. The number of rotatable bonds is 5. The predicted molar refractivity (Wildman–Crippen MR) is 122 cm³/mol. The Hall–Kier alpha value is -2.45. The topological polar surface area (TPSA) is 78.1 Å². The number of carboxylic acids is 1. The standard InChI is InChI=1S/C22H22N4O2S2/c1-2-29-14-7-8-16-18(12-14)30-22(23-16)25-24-17-11-13-5-3-9-26-10-4-6-15(20(13)26)19(17)21(27)28/h7-8,11-12H,2-6,9-10H2,1H3,(H,27,28). The van der Waals surface area contributed by atoms with E-state index in [0.29, 0.717) is 16.4 Å². The van der Waals surface area contributed by atoms with Crippen molar-refractivity contribution in [1.82, 2.24) is 4.98 Å². The van der Waals surface area contributed by atoms with Crippen LogP contribution in [0.1, 0.15) is 41.3 Å². The summed E-state index contributed by atoms with van der Waals surface area (Å²) in [6.45, 7) is 4.14. The number of aryl methyl sites for hydroxylation is 1. The zero-order valence-corrected chi connectivity index (χ0v) is 18.4. The molecule has 0 unspecified atom stereocenters. The van der Waals surface area contributed by atoms with Crippen molar-refractivity contribution in [2.45, 2.75) is 37.5 Å². The lowest BCUT2D eigenvalue weighted by molar-refractivity contribution is 0.0696. The minimum atomic E-state index is -0.931. The van der Waals surface area contributed by atoms with Crippen LogP contribution < -0.4 is 4.90 Å². The van der Waals surface area contributed by atoms with Crippen molar-refractivity contribution in [2.24, 2.45) is 10.2 Å². The van der Waals surface area contributed by atoms with Gasteiger partial charge in [-0.05, 0) is 66.8 Å². The maximum absolute atomic E-state index is 12.1. The zero-order chi connectivity index (χ0) is 20.7. The monoisotopic (exact) mass is 438 g/mol. The second-order valence-corrected chi connectivity index (χ2v) is 9.86. The molecule has 0 saturated heterocycles. The van der Waals surface area contributed by atoms with E-state index in [2.05, 4.69) is 39.2 Å². The Balaban J connectivity index is 1.55. The average molecular weight is 439 g/mol. The summed E-state index contributed by atoms with van der Waals surface area (Å²) in [5, 5.41) is 19.2. The Kier molecular flexibility index (Phi) is 5.20. The number of azo groups is 1. The van der Waals surface area contributed by atoms with Crippen LogP contribution in [-0.4, -0.2) is 34.9 Å². The van der Waals surface area contributed by atoms with Gasteiger partial charge in [0.25, 0.3) is 0 Å². The first kappa shape index (κ1) is 19.5. The highest BCUT2D eigenvalue weighted by Crippen LogP contribution is 2.42. The Labute approximate surface area is 183 Å². The molecule has 2 aliphatic rings. The molecule has 3 aromatic rings. The number of aromatic carboxylic acids is 1. The number of carbonyl (C=O) groups is 1. The predicted octanol–water partition coefficient (Wildman–Crippen LogP) is 6.22. The molecule has 0 spiro atoms. The van der Waals surface area contributed by atoms with Crippen LogP contribution in [0.4, 0.5) is 16.5 Å². The second-order valence-electron chi connectivity index (χ2n) is 7.52. The average Bonchev–Trinajstić information content (AvgIpc) is 3.15. The number of thiazole rings is 1. The summed E-state index contributed by atoms with van der Waals surface area (Å²) >= 11 is 3.27. The van der Waals surface area contributed by atoms with E-state index in [1.807, 2.05) is 12.1 Å². The van der Waals surface area contributed by atoms with E-state index in [1.54, 1.807) is 11.8 Å². The molecule has 5 rings (SSSR count). The third kappa shape index (κ3) is 3.48. The molecular weight excluding hydrogens is 416 g/mol. The molecule has 0 amide bonds. The highest BCUT2D eigenvalue weighted by Gasteiger charge is 2.30. The molecular formula is C22H22N4O2S2. The van der Waals surface area contributed by atoms with Crippen molar-refractivity contribution < 1.29 is 9.90 Å². The molecule has 0 atom stereocenters. The number of benzene rings is 2. The molecule has 0 fully saturated rings. The van der Waals surface area contributed by atoms with Gasteiger partial charge in [-0.25, -0.2) is 9.78 Å². The summed E-state index contributed by atoms with van der Waals surface area (Å²) in [6, 6.07) is 8.12. The fraction of sp³-hybridized carbons (Fsp3) is 0.364. The summed E-state index contributed by atoms with van der Waals surface area (Å²) in [7, 11) is 0. The van der Waals surface area contributed by atoms with Crippen LogP contribution in [0, 0.1) is 0 Å². The molecule has 154 valence electrons. The molecule has 3 heterocycles. The molecule has 0 saturated carbocycles. The van der Waals surface area contributed by atoms with Gasteiger partial charge in [0.1, 0.15) is 5.69 Å². The molecule has 0 aliphatic carbocycles. The molecule has 0 bridgehead atoms. The summed E-state index contributed by atoms with van der Waals surface area (Å²) in [4.78, 5) is 20.2. The van der Waals surface area contributed by atoms with E-state index in [-0.39, 0.29) is 0 Å². The van der Waals surface area contributed by atoms with Crippen LogP contribution in [-0.2, 0) is 12.8 Å². The van der Waals surface area contributed by atoms with E-state index < -0.39 is 5.97 Å². The van der Waals surface area contributed by atoms with Crippen LogP contribution in [0.2, 0.25) is 0 Å². The van der Waals surface area contributed by atoms with Gasteiger partial charge in [0.05, 0.1) is 15.8 Å². The number of carboxylic acid groups (broad SMARTS) is 1. The van der Waals surface area contributed by atoms with Crippen LogP contribution in [0.5, 0.6) is 0 Å². The van der Waals surface area contributed by atoms with Gasteiger partial charge in [0.2, 0.25) is 5.13 Å². The van der Waals surface area contributed by atoms with E-state index in [4.69, 9.17) is 0 Å². The third-order valence-electron chi connectivity index (χ3n) is 5.62. The number of thioether (sulfide) groups is 1. The number of hydrogen-bond donors (Lipinski definition) is 1. The molecule has 1 aromatic heterocycles. The van der Waals surface area contributed by atoms with Gasteiger partial charge in [-0.15, -0.1) is 22.0 Å². The Morgan fingerprint density at radius 3 is 2.87 bits per heavy atom. The highest BCUT2D eigenvalue weighted by atomic mass is 32.2. The van der Waals surface area contributed by atoms with Gasteiger partial charge in [-0.2, -0.15) is 0 Å². The lowest BCUT2D eigenvalue weighted by Crippen LogP contribution is -2.35. The van der Waals surface area contributed by atoms with Crippen molar-refractivity contribution in [3.05, 3.63) is 41.0 Å². The Bertz CT molecular complexity index is 1170. The Morgan fingerprint density at radius 2 is 2.07 bits per heavy atom. The van der Waals surface area contributed by atoms with Crippen LogP contribution >= 0.6 is 23.1 Å². The van der Waals surface area contributed by atoms with E-state index in [9.17, 15) is 9.90 Å². The number of anilines is 1. The van der Waals surface area contributed by atoms with Crippen molar-refractivity contribution in [3.8, 4) is 0 Å². The fourth-order valence-corrected chi connectivity index (χ4v) is 6.05. The lowest BCUT2D eigenvalue weighted by Gasteiger charge is -2.37. The van der Waals surface area contributed by atoms with Gasteiger partial charge in [-0.1, -0.05) is 18.3 Å². The van der Waals surface area contributed by atoms with E-state index >= 15 is 0 Å². The van der Waals surface area contributed by atoms with Crippen LogP contribution in [0.25, 0.3) is 10.2 Å². The van der Waals surface area contributed by atoms with Gasteiger partial charge in [-0.3, -0.25) is 0 Å². The second kappa shape index (κ2) is 8.00. The third-order valence-corrected chi connectivity index (χ3v) is 7.40. The zero-order valence-electron chi connectivity index (χ0n) is 16.7. The van der Waals surface area contributed by atoms with Gasteiger partial charge >= 0.3 is 5.97 Å². The molecule has 6 nitrogen and oxygen atoms in total. The SMILES string of the molecule is CCSc1ccc2nc(N=Nc3cc4c5c(c3C(=O)O)CCCN5CCC4)sc2c1. The number of aromatic nitrogens is 1. The minimum absolute atomic E-state index is 0.298. The normalized spacial score (nSPS) is 15.7. The largest absolute Gasteiger partial charge is 0.478 e. The molecule has 8 heteroatoms. The first-order valence-electron chi connectivity index (χ1n) is 10.3. The summed E-state index contributed by atoms with van der Waals surface area (Å²) in [5.41, 5.74) is 4.88. The summed E-state index contributed by atoms with van der Waals surface area (Å²) < 4.78 is 1.07. The van der Waals surface area contributed by atoms with Crippen molar-refractivity contribution in [1.29, 1.82) is 0 Å². The first-order valence-corrected chi connectivity index (χ1v) is 12.1. The smallest absolute Gasteiger partial charge is 0.338 e. The van der Waals surface area contributed by atoms with Gasteiger partial charge in [0.15, 0.2) is 0 Å². The quantitative estimate of drug-likeness (QED) is 0.378. The Morgan fingerprint density at radius 1 is 1.23 bits per heavy atom. The number of nitrogens with zero attached hydrogens (tertiary/aromatic N) is 4. The molecule has 2 aromatic carbocycles. The maximum Gasteiger partial charge on any atom is 0.338 e. The minimum Gasteiger partial charge on any atom is -0.478 e. The van der Waals surface area contributed by atoms with E-state index in [1.165, 1.54) is 21.8 Å². The summed E-state index contributed by atoms with van der Waals surface area (Å²) in [6.07, 6.45) is 3.80. The van der Waals surface area contributed by atoms with Crippen molar-refractivity contribution in [2.75, 3.05) is 23.7 Å². The number of hydrogen-bond acceptors (Lipinski definition) is 7. The molecule has 30 heavy (non-hydrogen) atoms. The van der Waals surface area contributed by atoms with Crippen LogP contribution in [0.3, 0.4) is 0 Å². The van der Waals surface area contributed by atoms with E-state index in [0.717, 1.165) is 66.0 Å². The molecule has 0 radical (unpaired) electrons. The maximum atomic E-state index is 12.1. The van der Waals surface area contributed by atoms with Gasteiger partial charge in [0, 0.05) is 23.7 Å². The van der Waals surface area contributed by atoms with Crippen molar-refractivity contribution in [3.63, 3.8) is 0 Å². The van der Waals surface area contributed by atoms with Crippen molar-refractivity contribution >= 4 is 55.8 Å². The van der Waals surface area contributed by atoms with Crippen LogP contribution in [0.15, 0.2) is 39.4 Å². The summed E-state index contributed by atoms with van der Waals surface area (Å²) in [5.74, 6) is 0.0899. The molecule has 2 aliphatic heterocycles. The number of fused-ring (bicyclic) bond motifs is 1. The molecule has 1 N–H and O–H groups in total.